The number of methoxy groups -OCH3 is 1. The number of piperidine rings is 1. The van der Waals surface area contributed by atoms with Crippen molar-refractivity contribution in [3.63, 3.8) is 0 Å². The molecule has 3 rings (SSSR count). The lowest BCUT2D eigenvalue weighted by molar-refractivity contribution is -0.114. The van der Waals surface area contributed by atoms with Crippen molar-refractivity contribution in [1.29, 1.82) is 0 Å². The van der Waals surface area contributed by atoms with Crippen LogP contribution in [0.4, 0.5) is 16.2 Å². The number of nitrogens with one attached hydrogen (secondary N) is 3. The lowest BCUT2D eigenvalue weighted by Gasteiger charge is -2.32. The van der Waals surface area contributed by atoms with E-state index >= 15 is 0 Å². The number of rotatable bonds is 7. The average molecular weight is 412 g/mol. The molecule has 1 aromatic carbocycles. The van der Waals surface area contributed by atoms with Crippen LogP contribution in [0.1, 0.15) is 25.3 Å². The second-order valence-electron chi connectivity index (χ2n) is 7.42. The smallest absolute Gasteiger partial charge is 0.319 e. The molecule has 0 radical (unpaired) electrons. The van der Waals surface area contributed by atoms with Gasteiger partial charge in [-0.2, -0.15) is 0 Å². The zero-order chi connectivity index (χ0) is 21.3. The first kappa shape index (κ1) is 21.6. The van der Waals surface area contributed by atoms with Gasteiger partial charge in [-0.1, -0.05) is 0 Å². The minimum absolute atomic E-state index is 0.155. The molecule has 2 heterocycles. The molecule has 3 amide bonds. The van der Waals surface area contributed by atoms with Crippen LogP contribution in [0.25, 0.3) is 0 Å². The summed E-state index contributed by atoms with van der Waals surface area (Å²) in [5.41, 5.74) is 2.47. The van der Waals surface area contributed by atoms with E-state index in [2.05, 4.69) is 38.0 Å². The van der Waals surface area contributed by atoms with Crippen molar-refractivity contribution in [2.45, 2.75) is 32.2 Å². The van der Waals surface area contributed by atoms with E-state index in [9.17, 15) is 9.59 Å². The number of carbonyl (C=O) groups is 2. The fourth-order valence-corrected chi connectivity index (χ4v) is 3.55. The van der Waals surface area contributed by atoms with Gasteiger partial charge in [-0.05, 0) is 49.1 Å². The summed E-state index contributed by atoms with van der Waals surface area (Å²) in [6.07, 6.45) is 6.51. The summed E-state index contributed by atoms with van der Waals surface area (Å²) in [6, 6.07) is 9.15. The Balaban J connectivity index is 1.43. The number of anilines is 2. The summed E-state index contributed by atoms with van der Waals surface area (Å²) in [4.78, 5) is 30.1. The Bertz CT molecular complexity index is 851. The summed E-state index contributed by atoms with van der Waals surface area (Å²) in [5, 5.41) is 8.59. The Morgan fingerprint density at radius 2 is 1.87 bits per heavy atom. The zero-order valence-electron chi connectivity index (χ0n) is 17.5. The Morgan fingerprint density at radius 1 is 1.13 bits per heavy atom. The van der Waals surface area contributed by atoms with E-state index in [0.717, 1.165) is 38.9 Å². The molecule has 0 unspecified atom stereocenters. The van der Waals surface area contributed by atoms with Crippen molar-refractivity contribution < 1.29 is 14.3 Å². The van der Waals surface area contributed by atoms with Gasteiger partial charge in [0.2, 0.25) is 5.91 Å². The van der Waals surface area contributed by atoms with Crippen LogP contribution in [-0.2, 0) is 11.2 Å². The maximum atomic E-state index is 12.4. The van der Waals surface area contributed by atoms with Crippen molar-refractivity contribution >= 4 is 23.3 Å². The number of benzene rings is 1. The summed E-state index contributed by atoms with van der Waals surface area (Å²) in [5.74, 6) is 0.310. The summed E-state index contributed by atoms with van der Waals surface area (Å²) >= 11 is 0. The molecule has 0 aliphatic carbocycles. The molecule has 1 aliphatic rings. The summed E-state index contributed by atoms with van der Waals surface area (Å²) < 4.78 is 5.29. The second-order valence-corrected chi connectivity index (χ2v) is 7.42. The van der Waals surface area contributed by atoms with Gasteiger partial charge in [-0.25, -0.2) is 4.79 Å². The number of carbonyl (C=O) groups excluding carboxylic acids is 2. The summed E-state index contributed by atoms with van der Waals surface area (Å²) in [6.45, 7) is 4.39. The lowest BCUT2D eigenvalue weighted by atomic mass is 10.0. The molecule has 1 aliphatic heterocycles. The second kappa shape index (κ2) is 10.6. The fraction of sp³-hybridized carbons (Fsp3) is 0.409. The topological polar surface area (TPSA) is 95.6 Å². The van der Waals surface area contributed by atoms with E-state index < -0.39 is 0 Å². The Morgan fingerprint density at radius 3 is 2.53 bits per heavy atom. The van der Waals surface area contributed by atoms with Gasteiger partial charge in [0, 0.05) is 56.7 Å². The largest absolute Gasteiger partial charge is 0.494 e. The van der Waals surface area contributed by atoms with Gasteiger partial charge in [0.05, 0.1) is 12.8 Å². The van der Waals surface area contributed by atoms with E-state index in [-0.39, 0.29) is 18.0 Å². The third-order valence-corrected chi connectivity index (χ3v) is 5.16. The molecular formula is C22H29N5O3. The summed E-state index contributed by atoms with van der Waals surface area (Å²) in [7, 11) is 1.52. The highest BCUT2D eigenvalue weighted by Crippen LogP contribution is 2.28. The maximum absolute atomic E-state index is 12.4. The van der Waals surface area contributed by atoms with E-state index in [0.29, 0.717) is 17.1 Å². The van der Waals surface area contributed by atoms with Crippen LogP contribution < -0.4 is 20.7 Å². The van der Waals surface area contributed by atoms with Crippen molar-refractivity contribution in [3.8, 4) is 5.75 Å². The molecule has 8 heteroatoms. The molecule has 0 spiro atoms. The highest BCUT2D eigenvalue weighted by atomic mass is 16.5. The minimum atomic E-state index is -0.237. The Labute approximate surface area is 177 Å². The molecule has 3 N–H and O–H groups in total. The first-order chi connectivity index (χ1) is 14.5. The normalized spacial score (nSPS) is 14.7. The number of nitrogens with zero attached hydrogens (tertiary/aromatic N) is 2. The number of hydrogen-bond donors (Lipinski definition) is 3. The number of aromatic nitrogens is 1. The molecule has 30 heavy (non-hydrogen) atoms. The van der Waals surface area contributed by atoms with E-state index in [1.54, 1.807) is 18.2 Å². The van der Waals surface area contributed by atoms with Gasteiger partial charge < -0.3 is 25.6 Å². The van der Waals surface area contributed by atoms with Crippen LogP contribution in [0.2, 0.25) is 0 Å². The Kier molecular flexibility index (Phi) is 7.62. The molecule has 1 fully saturated rings. The first-order valence-corrected chi connectivity index (χ1v) is 10.2. The van der Waals surface area contributed by atoms with E-state index in [1.807, 2.05) is 12.4 Å². The van der Waals surface area contributed by atoms with Crippen molar-refractivity contribution in [2.24, 2.45) is 0 Å². The number of likely N-dealkylation sites (tertiary alicyclic amines) is 1. The highest BCUT2D eigenvalue weighted by Gasteiger charge is 2.20. The standard InChI is InChI=1S/C22H29N5O3/c1-16(28)24-20-4-3-19(15-21(20)30-2)26-22(29)25-18-8-13-27(14-9-18)12-7-17-5-10-23-11-6-17/h3-6,10-11,15,18H,7-9,12-14H2,1-2H3,(H,24,28)(H2,25,26,29). The lowest BCUT2D eigenvalue weighted by Crippen LogP contribution is -2.46. The van der Waals surface area contributed by atoms with Crippen LogP contribution in [0.15, 0.2) is 42.7 Å². The Hall–Kier alpha value is -3.13. The molecule has 8 nitrogen and oxygen atoms in total. The van der Waals surface area contributed by atoms with Gasteiger partial charge in [0.1, 0.15) is 5.75 Å². The highest BCUT2D eigenvalue weighted by molar-refractivity contribution is 5.93. The number of ether oxygens (including phenoxy) is 1. The van der Waals surface area contributed by atoms with Crippen molar-refractivity contribution in [1.82, 2.24) is 15.2 Å². The predicted octanol–water partition coefficient (Wildman–Crippen LogP) is 2.88. The van der Waals surface area contributed by atoms with Crippen molar-refractivity contribution in [3.05, 3.63) is 48.3 Å². The van der Waals surface area contributed by atoms with E-state index in [4.69, 9.17) is 4.74 Å². The van der Waals surface area contributed by atoms with Crippen LogP contribution in [-0.4, -0.2) is 54.6 Å². The molecular weight excluding hydrogens is 382 g/mol. The predicted molar refractivity (Wildman–Crippen MR) is 117 cm³/mol. The van der Waals surface area contributed by atoms with Crippen molar-refractivity contribution in [2.75, 3.05) is 37.4 Å². The molecule has 0 atom stereocenters. The average Bonchev–Trinajstić information content (AvgIpc) is 2.74. The third kappa shape index (κ3) is 6.45. The van der Waals surface area contributed by atoms with Crippen LogP contribution in [0.5, 0.6) is 5.75 Å². The zero-order valence-corrected chi connectivity index (χ0v) is 17.5. The van der Waals surface area contributed by atoms with Gasteiger partial charge in [-0.15, -0.1) is 0 Å². The monoisotopic (exact) mass is 411 g/mol. The number of pyridine rings is 1. The maximum Gasteiger partial charge on any atom is 0.319 e. The number of hydrogen-bond acceptors (Lipinski definition) is 5. The first-order valence-electron chi connectivity index (χ1n) is 10.2. The molecule has 1 aromatic heterocycles. The molecule has 2 aromatic rings. The molecule has 0 saturated carbocycles. The quantitative estimate of drug-likeness (QED) is 0.651. The van der Waals surface area contributed by atoms with Crippen LogP contribution in [0.3, 0.4) is 0 Å². The minimum Gasteiger partial charge on any atom is -0.494 e. The van der Waals surface area contributed by atoms with E-state index in [1.165, 1.54) is 19.6 Å². The van der Waals surface area contributed by atoms with Crippen LogP contribution in [0, 0.1) is 0 Å². The van der Waals surface area contributed by atoms with Crippen LogP contribution >= 0.6 is 0 Å². The molecule has 160 valence electrons. The SMILES string of the molecule is COc1cc(NC(=O)NC2CCN(CCc3ccncc3)CC2)ccc1NC(C)=O. The third-order valence-electron chi connectivity index (χ3n) is 5.16. The van der Waals surface area contributed by atoms with Gasteiger partial charge in [0.15, 0.2) is 0 Å². The number of urea groups is 1. The van der Waals surface area contributed by atoms with Gasteiger partial charge >= 0.3 is 6.03 Å². The van der Waals surface area contributed by atoms with Gasteiger partial charge in [-0.3, -0.25) is 9.78 Å². The fourth-order valence-electron chi connectivity index (χ4n) is 3.55. The number of amides is 3. The molecule has 0 bridgehead atoms. The van der Waals surface area contributed by atoms with Gasteiger partial charge in [0.25, 0.3) is 0 Å². The molecule has 1 saturated heterocycles.